The number of ether oxygens (including phenoxy) is 1. The highest BCUT2D eigenvalue weighted by atomic mass is 16.5. The van der Waals surface area contributed by atoms with Gasteiger partial charge in [0.05, 0.1) is 0 Å². The van der Waals surface area contributed by atoms with Crippen LogP contribution in [0.1, 0.15) is 33.6 Å². The molecule has 0 bridgehead atoms. The van der Waals surface area contributed by atoms with Gasteiger partial charge in [0.15, 0.2) is 5.78 Å². The van der Waals surface area contributed by atoms with Crippen molar-refractivity contribution in [2.24, 2.45) is 0 Å². The third-order valence-electron chi connectivity index (χ3n) is 1.87. The molecule has 72 valence electrons. The molecule has 0 heterocycles. The van der Waals surface area contributed by atoms with Crippen LogP contribution in [0.15, 0.2) is 0 Å². The maximum atomic E-state index is 11.2. The zero-order valence-electron chi connectivity index (χ0n) is 8.09. The molecule has 3 heteroatoms. The van der Waals surface area contributed by atoms with Gasteiger partial charge in [-0.25, -0.2) is 0 Å². The summed E-state index contributed by atoms with van der Waals surface area (Å²) in [5.74, 6) is -0.238. The molecule has 0 spiro atoms. The Morgan fingerprint density at radius 2 is 2.08 bits per heavy atom. The first-order valence-electron chi connectivity index (χ1n) is 4.38. The number of aliphatic hydroxyl groups is 1. The standard InChI is InChI=1S/C9H18O3/c1-4-6-12-7-8(10)9(3,11)5-2/h11H,4-7H2,1-3H3. The smallest absolute Gasteiger partial charge is 0.189 e. The molecular weight excluding hydrogens is 156 g/mol. The lowest BCUT2D eigenvalue weighted by Gasteiger charge is -2.18. The summed E-state index contributed by atoms with van der Waals surface area (Å²) in [5.41, 5.74) is -1.21. The van der Waals surface area contributed by atoms with E-state index in [1.54, 1.807) is 6.92 Å². The van der Waals surface area contributed by atoms with E-state index in [2.05, 4.69) is 0 Å². The van der Waals surface area contributed by atoms with Gasteiger partial charge in [-0.05, 0) is 19.8 Å². The quantitative estimate of drug-likeness (QED) is 0.614. The van der Waals surface area contributed by atoms with Crippen molar-refractivity contribution in [3.63, 3.8) is 0 Å². The molecule has 1 N–H and O–H groups in total. The minimum atomic E-state index is -1.21. The molecule has 3 nitrogen and oxygen atoms in total. The van der Waals surface area contributed by atoms with Crippen molar-refractivity contribution in [1.29, 1.82) is 0 Å². The third-order valence-corrected chi connectivity index (χ3v) is 1.87. The summed E-state index contributed by atoms with van der Waals surface area (Å²) in [7, 11) is 0. The number of ketones is 1. The van der Waals surface area contributed by atoms with Gasteiger partial charge in [-0.2, -0.15) is 0 Å². The summed E-state index contributed by atoms with van der Waals surface area (Å²) in [6.45, 7) is 5.87. The van der Waals surface area contributed by atoms with Crippen LogP contribution in [0.2, 0.25) is 0 Å². The lowest BCUT2D eigenvalue weighted by atomic mass is 9.99. The maximum absolute atomic E-state index is 11.2. The van der Waals surface area contributed by atoms with Gasteiger partial charge in [-0.15, -0.1) is 0 Å². The summed E-state index contributed by atoms with van der Waals surface area (Å²) < 4.78 is 5.02. The molecular formula is C9H18O3. The molecule has 0 aromatic heterocycles. The molecule has 0 aliphatic rings. The lowest BCUT2D eigenvalue weighted by molar-refractivity contribution is -0.140. The summed E-state index contributed by atoms with van der Waals surface area (Å²) in [4.78, 5) is 11.2. The van der Waals surface area contributed by atoms with Gasteiger partial charge >= 0.3 is 0 Å². The van der Waals surface area contributed by atoms with Crippen molar-refractivity contribution in [2.45, 2.75) is 39.2 Å². The van der Waals surface area contributed by atoms with E-state index in [4.69, 9.17) is 4.74 Å². The molecule has 12 heavy (non-hydrogen) atoms. The molecule has 1 atom stereocenters. The van der Waals surface area contributed by atoms with E-state index >= 15 is 0 Å². The first-order valence-corrected chi connectivity index (χ1v) is 4.38. The molecule has 0 aliphatic carbocycles. The van der Waals surface area contributed by atoms with Gasteiger partial charge in [0.25, 0.3) is 0 Å². The maximum Gasteiger partial charge on any atom is 0.189 e. The fraction of sp³-hybridized carbons (Fsp3) is 0.889. The van der Waals surface area contributed by atoms with Crippen LogP contribution in [0, 0.1) is 0 Å². The monoisotopic (exact) mass is 174 g/mol. The van der Waals surface area contributed by atoms with Crippen LogP contribution in [0.3, 0.4) is 0 Å². The SMILES string of the molecule is CCCOCC(=O)C(C)(O)CC. The van der Waals surface area contributed by atoms with E-state index in [1.165, 1.54) is 6.92 Å². The number of carbonyl (C=O) groups is 1. The largest absolute Gasteiger partial charge is 0.382 e. The average molecular weight is 174 g/mol. The van der Waals surface area contributed by atoms with Gasteiger partial charge < -0.3 is 9.84 Å². The highest BCUT2D eigenvalue weighted by Crippen LogP contribution is 2.09. The van der Waals surface area contributed by atoms with E-state index in [0.717, 1.165) is 6.42 Å². The highest BCUT2D eigenvalue weighted by molar-refractivity contribution is 5.87. The number of hydrogen-bond acceptors (Lipinski definition) is 3. The first-order chi connectivity index (χ1) is 5.54. The van der Waals surface area contributed by atoms with Crippen LogP contribution >= 0.6 is 0 Å². The number of Topliss-reactive ketones (excluding diaryl/α,β-unsaturated/α-hetero) is 1. The Hall–Kier alpha value is -0.410. The number of rotatable bonds is 6. The predicted octanol–water partition coefficient (Wildman–Crippen LogP) is 1.14. The second kappa shape index (κ2) is 5.27. The molecule has 0 amide bonds. The van der Waals surface area contributed by atoms with Gasteiger partial charge in [0.1, 0.15) is 12.2 Å². The molecule has 0 saturated carbocycles. The molecule has 0 aromatic carbocycles. The van der Waals surface area contributed by atoms with E-state index in [9.17, 15) is 9.90 Å². The Morgan fingerprint density at radius 1 is 1.50 bits per heavy atom. The fourth-order valence-electron chi connectivity index (χ4n) is 0.662. The van der Waals surface area contributed by atoms with Crippen molar-refractivity contribution in [3.05, 3.63) is 0 Å². The second-order valence-corrected chi connectivity index (χ2v) is 3.10. The fourth-order valence-corrected chi connectivity index (χ4v) is 0.662. The lowest BCUT2D eigenvalue weighted by Crippen LogP contribution is -2.37. The minimum Gasteiger partial charge on any atom is -0.382 e. The molecule has 0 aliphatic heterocycles. The third kappa shape index (κ3) is 3.83. The normalized spacial score (nSPS) is 15.7. The number of carbonyl (C=O) groups excluding carboxylic acids is 1. The van der Waals surface area contributed by atoms with Gasteiger partial charge in [-0.1, -0.05) is 13.8 Å². The first kappa shape index (κ1) is 11.6. The number of hydrogen-bond donors (Lipinski definition) is 1. The van der Waals surface area contributed by atoms with E-state index in [1.807, 2.05) is 6.92 Å². The van der Waals surface area contributed by atoms with E-state index in [-0.39, 0.29) is 12.4 Å². The molecule has 0 saturated heterocycles. The molecule has 0 aromatic rings. The van der Waals surface area contributed by atoms with Crippen LogP contribution in [0.5, 0.6) is 0 Å². The van der Waals surface area contributed by atoms with E-state index < -0.39 is 5.60 Å². The zero-order chi connectivity index (χ0) is 9.61. The van der Waals surface area contributed by atoms with Crippen molar-refractivity contribution < 1.29 is 14.6 Å². The minimum absolute atomic E-state index is 0.0225. The van der Waals surface area contributed by atoms with E-state index in [0.29, 0.717) is 13.0 Å². The Bertz CT molecular complexity index is 141. The predicted molar refractivity (Wildman–Crippen MR) is 47.0 cm³/mol. The van der Waals surface area contributed by atoms with Crippen LogP contribution < -0.4 is 0 Å². The highest BCUT2D eigenvalue weighted by Gasteiger charge is 2.27. The van der Waals surface area contributed by atoms with Crippen LogP contribution in [-0.2, 0) is 9.53 Å². The molecule has 1 unspecified atom stereocenters. The topological polar surface area (TPSA) is 46.5 Å². The van der Waals surface area contributed by atoms with Crippen LogP contribution in [0.25, 0.3) is 0 Å². The summed E-state index contributed by atoms with van der Waals surface area (Å²) in [6.07, 6.45) is 1.32. The Kier molecular flexibility index (Phi) is 5.09. The Balaban J connectivity index is 3.72. The second-order valence-electron chi connectivity index (χ2n) is 3.10. The average Bonchev–Trinajstić information content (AvgIpc) is 2.05. The van der Waals surface area contributed by atoms with Gasteiger partial charge in [0.2, 0.25) is 0 Å². The van der Waals surface area contributed by atoms with Gasteiger partial charge in [0, 0.05) is 6.61 Å². The summed E-state index contributed by atoms with van der Waals surface area (Å²) in [6, 6.07) is 0. The molecule has 0 radical (unpaired) electrons. The molecule has 0 fully saturated rings. The summed E-state index contributed by atoms with van der Waals surface area (Å²) in [5, 5.41) is 9.46. The van der Waals surface area contributed by atoms with Gasteiger partial charge in [-0.3, -0.25) is 4.79 Å². The Morgan fingerprint density at radius 3 is 2.50 bits per heavy atom. The van der Waals surface area contributed by atoms with Crippen molar-refractivity contribution in [3.8, 4) is 0 Å². The van der Waals surface area contributed by atoms with Crippen molar-refractivity contribution in [2.75, 3.05) is 13.2 Å². The zero-order valence-corrected chi connectivity index (χ0v) is 8.09. The van der Waals surface area contributed by atoms with Crippen LogP contribution in [-0.4, -0.2) is 29.7 Å². The van der Waals surface area contributed by atoms with Crippen LogP contribution in [0.4, 0.5) is 0 Å². The summed E-state index contributed by atoms with van der Waals surface area (Å²) >= 11 is 0. The van der Waals surface area contributed by atoms with Crippen molar-refractivity contribution in [1.82, 2.24) is 0 Å². The Labute approximate surface area is 73.7 Å². The van der Waals surface area contributed by atoms with Crippen molar-refractivity contribution >= 4 is 5.78 Å². The molecule has 0 rings (SSSR count).